The lowest BCUT2D eigenvalue weighted by atomic mass is 10.2. The summed E-state index contributed by atoms with van der Waals surface area (Å²) in [6.07, 6.45) is 5.35. The highest BCUT2D eigenvalue weighted by molar-refractivity contribution is 5.81. The Balaban J connectivity index is 1.63. The summed E-state index contributed by atoms with van der Waals surface area (Å²) in [5, 5.41) is 6.29. The molecular formula is C13H23N5O. The second kappa shape index (κ2) is 7.25. The van der Waals surface area contributed by atoms with Gasteiger partial charge >= 0.3 is 0 Å². The lowest BCUT2D eigenvalue weighted by Crippen LogP contribution is -2.52. The number of rotatable bonds is 6. The maximum atomic E-state index is 12.0. The fraction of sp³-hybridized carbons (Fsp3) is 0.692. The van der Waals surface area contributed by atoms with Gasteiger partial charge in [0.05, 0.1) is 6.04 Å². The SMILES string of the molecule is CC(C(=O)NCCCc1ncc[nH]1)N1CCNCC1. The summed E-state index contributed by atoms with van der Waals surface area (Å²) < 4.78 is 0. The van der Waals surface area contributed by atoms with Crippen molar-refractivity contribution in [1.29, 1.82) is 0 Å². The number of aromatic nitrogens is 2. The summed E-state index contributed by atoms with van der Waals surface area (Å²) in [5.41, 5.74) is 0. The molecule has 1 aliphatic rings. The molecule has 1 saturated heterocycles. The third-order valence-corrected chi connectivity index (χ3v) is 3.52. The molecule has 1 fully saturated rings. The fourth-order valence-electron chi connectivity index (χ4n) is 2.29. The Morgan fingerprint density at radius 1 is 1.53 bits per heavy atom. The molecule has 2 rings (SSSR count). The van der Waals surface area contributed by atoms with Crippen molar-refractivity contribution < 1.29 is 4.79 Å². The van der Waals surface area contributed by atoms with Gasteiger partial charge in [0.15, 0.2) is 0 Å². The molecule has 0 radical (unpaired) electrons. The molecule has 1 aliphatic heterocycles. The maximum absolute atomic E-state index is 12.0. The summed E-state index contributed by atoms with van der Waals surface area (Å²) in [6, 6.07) is -0.0364. The molecule has 6 nitrogen and oxygen atoms in total. The third-order valence-electron chi connectivity index (χ3n) is 3.52. The van der Waals surface area contributed by atoms with E-state index < -0.39 is 0 Å². The average Bonchev–Trinajstić information content (AvgIpc) is 2.96. The molecule has 6 heteroatoms. The largest absolute Gasteiger partial charge is 0.355 e. The number of nitrogens with zero attached hydrogens (tertiary/aromatic N) is 2. The number of nitrogens with one attached hydrogen (secondary N) is 3. The molecule has 1 aromatic rings. The van der Waals surface area contributed by atoms with Gasteiger partial charge in [-0.2, -0.15) is 0 Å². The molecule has 1 unspecified atom stereocenters. The van der Waals surface area contributed by atoms with Crippen molar-refractivity contribution in [2.45, 2.75) is 25.8 Å². The van der Waals surface area contributed by atoms with Crippen LogP contribution in [0.5, 0.6) is 0 Å². The van der Waals surface area contributed by atoms with Crippen molar-refractivity contribution >= 4 is 5.91 Å². The number of hydrogen-bond donors (Lipinski definition) is 3. The van der Waals surface area contributed by atoms with Crippen LogP contribution in [0.1, 0.15) is 19.2 Å². The summed E-state index contributed by atoms with van der Waals surface area (Å²) in [5.74, 6) is 1.10. The molecule has 0 spiro atoms. The lowest BCUT2D eigenvalue weighted by molar-refractivity contribution is -0.126. The number of amides is 1. The Hall–Kier alpha value is -1.40. The summed E-state index contributed by atoms with van der Waals surface area (Å²) in [6.45, 7) is 6.51. The minimum atomic E-state index is -0.0364. The first-order chi connectivity index (χ1) is 9.27. The molecule has 2 heterocycles. The summed E-state index contributed by atoms with van der Waals surface area (Å²) in [4.78, 5) is 21.4. The minimum absolute atomic E-state index is 0.0364. The number of aromatic amines is 1. The van der Waals surface area contributed by atoms with E-state index in [-0.39, 0.29) is 11.9 Å². The van der Waals surface area contributed by atoms with E-state index in [1.54, 1.807) is 6.20 Å². The Kier molecular flexibility index (Phi) is 5.35. The number of aryl methyl sites for hydroxylation is 1. The number of carbonyl (C=O) groups is 1. The number of imidazole rings is 1. The van der Waals surface area contributed by atoms with Crippen LogP contribution in [0, 0.1) is 0 Å². The standard InChI is InChI=1S/C13H23N5O/c1-11(18-9-7-14-8-10-18)13(19)17-4-2-3-12-15-5-6-16-12/h5-6,11,14H,2-4,7-10H2,1H3,(H,15,16)(H,17,19). The number of piperazine rings is 1. The highest BCUT2D eigenvalue weighted by Gasteiger charge is 2.21. The minimum Gasteiger partial charge on any atom is -0.355 e. The van der Waals surface area contributed by atoms with E-state index in [0.29, 0.717) is 6.54 Å². The van der Waals surface area contributed by atoms with Crippen LogP contribution in [0.15, 0.2) is 12.4 Å². The van der Waals surface area contributed by atoms with Crippen LogP contribution < -0.4 is 10.6 Å². The molecule has 19 heavy (non-hydrogen) atoms. The second-order valence-electron chi connectivity index (χ2n) is 4.89. The zero-order chi connectivity index (χ0) is 13.5. The van der Waals surface area contributed by atoms with E-state index in [1.165, 1.54) is 0 Å². The number of hydrogen-bond acceptors (Lipinski definition) is 4. The van der Waals surface area contributed by atoms with Gasteiger partial charge in [-0.3, -0.25) is 9.69 Å². The zero-order valence-electron chi connectivity index (χ0n) is 11.5. The van der Waals surface area contributed by atoms with Crippen LogP contribution in [-0.2, 0) is 11.2 Å². The van der Waals surface area contributed by atoms with Crippen molar-refractivity contribution in [3.05, 3.63) is 18.2 Å². The maximum Gasteiger partial charge on any atom is 0.237 e. The van der Waals surface area contributed by atoms with E-state index in [2.05, 4.69) is 25.5 Å². The van der Waals surface area contributed by atoms with Crippen molar-refractivity contribution in [3.8, 4) is 0 Å². The van der Waals surface area contributed by atoms with Crippen LogP contribution in [0.2, 0.25) is 0 Å². The molecule has 0 aliphatic carbocycles. The van der Waals surface area contributed by atoms with E-state index in [0.717, 1.165) is 44.8 Å². The Bertz CT molecular complexity index is 372. The van der Waals surface area contributed by atoms with Crippen LogP contribution in [0.3, 0.4) is 0 Å². The first-order valence-electron chi connectivity index (χ1n) is 6.98. The van der Waals surface area contributed by atoms with Gasteiger partial charge in [-0.05, 0) is 13.3 Å². The fourth-order valence-corrected chi connectivity index (χ4v) is 2.29. The van der Waals surface area contributed by atoms with Gasteiger partial charge in [0, 0.05) is 51.5 Å². The zero-order valence-corrected chi connectivity index (χ0v) is 11.5. The summed E-state index contributed by atoms with van der Waals surface area (Å²) in [7, 11) is 0. The predicted molar refractivity (Wildman–Crippen MR) is 73.8 cm³/mol. The van der Waals surface area contributed by atoms with Crippen molar-refractivity contribution in [2.75, 3.05) is 32.7 Å². The topological polar surface area (TPSA) is 73.0 Å². The van der Waals surface area contributed by atoms with Gasteiger partial charge < -0.3 is 15.6 Å². The van der Waals surface area contributed by atoms with Crippen LogP contribution >= 0.6 is 0 Å². The van der Waals surface area contributed by atoms with Gasteiger partial charge in [-0.1, -0.05) is 0 Å². The van der Waals surface area contributed by atoms with E-state index >= 15 is 0 Å². The Labute approximate surface area is 114 Å². The number of carbonyl (C=O) groups excluding carboxylic acids is 1. The summed E-state index contributed by atoms with van der Waals surface area (Å²) >= 11 is 0. The molecule has 0 aromatic carbocycles. The first-order valence-corrected chi connectivity index (χ1v) is 6.98. The highest BCUT2D eigenvalue weighted by atomic mass is 16.2. The molecule has 1 atom stereocenters. The molecule has 106 valence electrons. The lowest BCUT2D eigenvalue weighted by Gasteiger charge is -2.31. The van der Waals surface area contributed by atoms with Crippen LogP contribution in [-0.4, -0.2) is 59.5 Å². The monoisotopic (exact) mass is 265 g/mol. The second-order valence-corrected chi connectivity index (χ2v) is 4.89. The molecule has 0 bridgehead atoms. The Morgan fingerprint density at radius 2 is 2.32 bits per heavy atom. The third kappa shape index (κ3) is 4.33. The van der Waals surface area contributed by atoms with Crippen molar-refractivity contribution in [1.82, 2.24) is 25.5 Å². The molecule has 0 saturated carbocycles. The number of H-pyrrole nitrogens is 1. The van der Waals surface area contributed by atoms with E-state index in [4.69, 9.17) is 0 Å². The van der Waals surface area contributed by atoms with Crippen LogP contribution in [0.25, 0.3) is 0 Å². The smallest absolute Gasteiger partial charge is 0.237 e. The Morgan fingerprint density at radius 3 is 3.00 bits per heavy atom. The van der Waals surface area contributed by atoms with Crippen LogP contribution in [0.4, 0.5) is 0 Å². The van der Waals surface area contributed by atoms with Crippen molar-refractivity contribution in [2.24, 2.45) is 0 Å². The van der Waals surface area contributed by atoms with Crippen molar-refractivity contribution in [3.63, 3.8) is 0 Å². The van der Waals surface area contributed by atoms with E-state index in [9.17, 15) is 4.79 Å². The molecule has 1 aromatic heterocycles. The molecular weight excluding hydrogens is 242 g/mol. The van der Waals surface area contributed by atoms with Gasteiger partial charge in [-0.15, -0.1) is 0 Å². The van der Waals surface area contributed by atoms with Gasteiger partial charge in [0.2, 0.25) is 5.91 Å². The molecule has 1 amide bonds. The van der Waals surface area contributed by atoms with Gasteiger partial charge in [0.1, 0.15) is 5.82 Å². The first kappa shape index (κ1) is 14.0. The highest BCUT2D eigenvalue weighted by Crippen LogP contribution is 2.01. The predicted octanol–water partition coefficient (Wildman–Crippen LogP) is -0.248. The van der Waals surface area contributed by atoms with E-state index in [1.807, 2.05) is 13.1 Å². The molecule has 3 N–H and O–H groups in total. The van der Waals surface area contributed by atoms with Gasteiger partial charge in [-0.25, -0.2) is 4.98 Å². The average molecular weight is 265 g/mol. The van der Waals surface area contributed by atoms with Gasteiger partial charge in [0.25, 0.3) is 0 Å². The quantitative estimate of drug-likeness (QED) is 0.620. The normalized spacial score (nSPS) is 18.2.